The van der Waals surface area contributed by atoms with Crippen LogP contribution in [0.1, 0.15) is 28.9 Å². The predicted octanol–water partition coefficient (Wildman–Crippen LogP) is 3.25. The zero-order valence-corrected chi connectivity index (χ0v) is 14.1. The maximum Gasteiger partial charge on any atom is 0.335 e. The highest BCUT2D eigenvalue weighted by Gasteiger charge is 2.22. The molecule has 21 heavy (non-hydrogen) atoms. The molecule has 112 valence electrons. The maximum atomic E-state index is 12.4. The van der Waals surface area contributed by atoms with Crippen molar-refractivity contribution in [2.45, 2.75) is 17.9 Å². The maximum absolute atomic E-state index is 12.4. The largest absolute Gasteiger partial charge is 0.478 e. The number of hydrogen-bond donors (Lipinski definition) is 2. The summed E-state index contributed by atoms with van der Waals surface area (Å²) in [5, 5.41) is 12.7. The average molecular weight is 390 g/mol. The number of hydrogen-bond acceptors (Lipinski definition) is 4. The summed E-state index contributed by atoms with van der Waals surface area (Å²) in [6.45, 7) is 1.73. The third kappa shape index (κ3) is 3.70. The second-order valence-electron chi connectivity index (χ2n) is 4.35. The number of nitrogens with one attached hydrogen (secondary N) is 1. The lowest BCUT2D eigenvalue weighted by Crippen LogP contribution is -2.27. The van der Waals surface area contributed by atoms with Crippen LogP contribution in [-0.4, -0.2) is 19.5 Å². The van der Waals surface area contributed by atoms with Crippen LogP contribution in [0.25, 0.3) is 0 Å². The molecule has 1 aromatic carbocycles. The van der Waals surface area contributed by atoms with E-state index in [-0.39, 0.29) is 10.5 Å². The average Bonchev–Trinajstić information content (AvgIpc) is 2.92. The Bertz CT molecular complexity index is 756. The van der Waals surface area contributed by atoms with E-state index in [9.17, 15) is 13.2 Å². The van der Waals surface area contributed by atoms with Crippen molar-refractivity contribution in [3.8, 4) is 0 Å². The quantitative estimate of drug-likeness (QED) is 0.821. The molecule has 2 aromatic rings. The Labute approximate surface area is 134 Å². The molecule has 2 rings (SSSR count). The van der Waals surface area contributed by atoms with Crippen LogP contribution in [0.4, 0.5) is 0 Å². The Morgan fingerprint density at radius 1 is 1.38 bits per heavy atom. The molecule has 0 saturated heterocycles. The van der Waals surface area contributed by atoms with E-state index in [1.807, 2.05) is 16.8 Å². The van der Waals surface area contributed by atoms with Crippen LogP contribution in [-0.2, 0) is 10.0 Å². The minimum Gasteiger partial charge on any atom is -0.478 e. The van der Waals surface area contributed by atoms with Gasteiger partial charge in [0.25, 0.3) is 0 Å². The number of thiophene rings is 1. The smallest absolute Gasteiger partial charge is 0.335 e. The van der Waals surface area contributed by atoms with Crippen molar-refractivity contribution in [3.63, 3.8) is 0 Å². The summed E-state index contributed by atoms with van der Waals surface area (Å²) < 4.78 is 27.7. The lowest BCUT2D eigenvalue weighted by molar-refractivity contribution is 0.0696. The van der Waals surface area contributed by atoms with Crippen molar-refractivity contribution in [3.05, 3.63) is 50.6 Å². The van der Waals surface area contributed by atoms with E-state index in [1.54, 1.807) is 6.92 Å². The Balaban J connectivity index is 2.35. The van der Waals surface area contributed by atoms with Gasteiger partial charge in [0, 0.05) is 10.5 Å². The third-order valence-corrected chi connectivity index (χ3v) is 6.08. The number of rotatable bonds is 5. The first-order valence-corrected chi connectivity index (χ1v) is 9.10. The van der Waals surface area contributed by atoms with E-state index >= 15 is 0 Å². The van der Waals surface area contributed by atoms with Crippen LogP contribution in [0.2, 0.25) is 0 Å². The number of aromatic carboxylic acids is 1. The molecule has 2 N–H and O–H groups in total. The zero-order valence-electron chi connectivity index (χ0n) is 10.9. The van der Waals surface area contributed by atoms with Gasteiger partial charge in [-0.1, -0.05) is 0 Å². The summed E-state index contributed by atoms with van der Waals surface area (Å²) in [7, 11) is -3.83. The van der Waals surface area contributed by atoms with E-state index in [2.05, 4.69) is 20.7 Å². The molecule has 1 unspecified atom stereocenters. The second kappa shape index (κ2) is 6.27. The van der Waals surface area contributed by atoms with Gasteiger partial charge in [-0.05, 0) is 63.4 Å². The summed E-state index contributed by atoms with van der Waals surface area (Å²) in [4.78, 5) is 10.9. The van der Waals surface area contributed by atoms with Gasteiger partial charge in [-0.25, -0.2) is 17.9 Å². The molecular weight excluding hydrogens is 378 g/mol. The first-order chi connectivity index (χ1) is 9.81. The van der Waals surface area contributed by atoms with Gasteiger partial charge in [-0.15, -0.1) is 0 Å². The first kappa shape index (κ1) is 16.2. The number of carbonyl (C=O) groups is 1. The minimum atomic E-state index is -3.83. The number of carboxylic acid groups (broad SMARTS) is 1. The minimum absolute atomic E-state index is 0.0817. The van der Waals surface area contributed by atoms with Crippen molar-refractivity contribution >= 4 is 43.3 Å². The molecule has 0 spiro atoms. The Morgan fingerprint density at radius 3 is 2.67 bits per heavy atom. The van der Waals surface area contributed by atoms with Crippen LogP contribution < -0.4 is 4.72 Å². The van der Waals surface area contributed by atoms with E-state index in [0.717, 1.165) is 11.6 Å². The predicted molar refractivity (Wildman–Crippen MR) is 84.2 cm³/mol. The lowest BCUT2D eigenvalue weighted by Gasteiger charge is -2.14. The molecule has 0 saturated carbocycles. The van der Waals surface area contributed by atoms with Crippen molar-refractivity contribution in [1.29, 1.82) is 0 Å². The Kier molecular flexibility index (Phi) is 4.82. The molecule has 1 aromatic heterocycles. The molecule has 0 aliphatic rings. The van der Waals surface area contributed by atoms with Crippen molar-refractivity contribution in [2.24, 2.45) is 0 Å². The van der Waals surface area contributed by atoms with Crippen LogP contribution in [0.3, 0.4) is 0 Å². The van der Waals surface area contributed by atoms with Gasteiger partial charge in [-0.3, -0.25) is 0 Å². The van der Waals surface area contributed by atoms with Crippen LogP contribution in [0.15, 0.2) is 44.4 Å². The first-order valence-electron chi connectivity index (χ1n) is 5.88. The summed E-state index contributed by atoms with van der Waals surface area (Å²) in [5.41, 5.74) is 0.774. The zero-order chi connectivity index (χ0) is 15.6. The van der Waals surface area contributed by atoms with Crippen LogP contribution in [0.5, 0.6) is 0 Å². The van der Waals surface area contributed by atoms with Crippen molar-refractivity contribution in [2.75, 3.05) is 0 Å². The van der Waals surface area contributed by atoms with Gasteiger partial charge in [0.15, 0.2) is 0 Å². The van der Waals surface area contributed by atoms with Crippen molar-refractivity contribution < 1.29 is 18.3 Å². The van der Waals surface area contributed by atoms with Gasteiger partial charge < -0.3 is 5.11 Å². The van der Waals surface area contributed by atoms with Crippen LogP contribution in [0, 0.1) is 0 Å². The molecule has 0 aliphatic carbocycles. The van der Waals surface area contributed by atoms with Gasteiger partial charge in [-0.2, -0.15) is 11.3 Å². The molecule has 0 fully saturated rings. The number of sulfonamides is 1. The SMILES string of the molecule is CC(NS(=O)(=O)c1cc(C(=O)O)ccc1Br)c1ccsc1. The fourth-order valence-corrected chi connectivity index (χ4v) is 4.70. The van der Waals surface area contributed by atoms with Gasteiger partial charge in [0.2, 0.25) is 10.0 Å². The molecule has 5 nitrogen and oxygen atoms in total. The van der Waals surface area contributed by atoms with E-state index in [4.69, 9.17) is 5.11 Å². The standard InChI is InChI=1S/C13H12BrNO4S2/c1-8(10-4-5-20-7-10)15-21(18,19)12-6-9(13(16)17)2-3-11(12)14/h2-8,15H,1H3,(H,16,17). The molecule has 1 atom stereocenters. The Hall–Kier alpha value is -1.22. The van der Waals surface area contributed by atoms with Gasteiger partial charge in [0.05, 0.1) is 10.5 Å². The van der Waals surface area contributed by atoms with Crippen LogP contribution >= 0.6 is 27.3 Å². The fraction of sp³-hybridized carbons (Fsp3) is 0.154. The van der Waals surface area contributed by atoms with Gasteiger partial charge >= 0.3 is 5.97 Å². The molecule has 0 aliphatic heterocycles. The molecular formula is C13H12BrNO4S2. The molecule has 0 bridgehead atoms. The molecule has 0 amide bonds. The Morgan fingerprint density at radius 2 is 2.10 bits per heavy atom. The normalized spacial score (nSPS) is 13.0. The van der Waals surface area contributed by atoms with Crippen molar-refractivity contribution in [1.82, 2.24) is 4.72 Å². The lowest BCUT2D eigenvalue weighted by atomic mass is 10.2. The monoisotopic (exact) mass is 389 g/mol. The molecule has 1 heterocycles. The summed E-state index contributed by atoms with van der Waals surface area (Å²) in [6, 6.07) is 5.32. The fourth-order valence-electron chi connectivity index (χ4n) is 1.73. The highest BCUT2D eigenvalue weighted by molar-refractivity contribution is 9.10. The molecule has 8 heteroatoms. The topological polar surface area (TPSA) is 83.5 Å². The highest BCUT2D eigenvalue weighted by Crippen LogP contribution is 2.25. The highest BCUT2D eigenvalue weighted by atomic mass is 79.9. The third-order valence-electron chi connectivity index (χ3n) is 2.84. The van der Waals surface area contributed by atoms with Gasteiger partial charge in [0.1, 0.15) is 0 Å². The number of benzene rings is 1. The number of halogens is 1. The summed E-state index contributed by atoms with van der Waals surface area (Å²) in [6.07, 6.45) is 0. The van der Waals surface area contributed by atoms with E-state index in [0.29, 0.717) is 4.47 Å². The molecule has 0 radical (unpaired) electrons. The second-order valence-corrected chi connectivity index (χ2v) is 7.67. The van der Waals surface area contributed by atoms with E-state index < -0.39 is 22.0 Å². The summed E-state index contributed by atoms with van der Waals surface area (Å²) in [5.74, 6) is -1.18. The van der Waals surface area contributed by atoms with E-state index in [1.165, 1.54) is 23.5 Å². The number of carboxylic acids is 1. The summed E-state index contributed by atoms with van der Waals surface area (Å²) >= 11 is 4.62.